The van der Waals surface area contributed by atoms with E-state index in [0.29, 0.717) is 5.54 Å². The van der Waals surface area contributed by atoms with Crippen LogP contribution in [0.4, 0.5) is 0 Å². The SMILES string of the molecule is CN(C)C1(Cn2cc[nH]c2=S)CCCC1. The minimum Gasteiger partial charge on any atom is -0.337 e. The van der Waals surface area contributed by atoms with E-state index in [0.717, 1.165) is 11.3 Å². The number of hydrogen-bond acceptors (Lipinski definition) is 2. The van der Waals surface area contributed by atoms with E-state index in [-0.39, 0.29) is 0 Å². The molecule has 1 aliphatic carbocycles. The van der Waals surface area contributed by atoms with Gasteiger partial charge in [-0.3, -0.25) is 0 Å². The molecule has 2 rings (SSSR count). The molecule has 84 valence electrons. The molecular formula is C11H19N3S. The van der Waals surface area contributed by atoms with Gasteiger partial charge in [0.2, 0.25) is 0 Å². The van der Waals surface area contributed by atoms with Crippen molar-refractivity contribution in [1.29, 1.82) is 0 Å². The van der Waals surface area contributed by atoms with Crippen LogP contribution in [0.3, 0.4) is 0 Å². The standard InChI is InChI=1S/C11H19N3S/c1-13(2)11(5-3-4-6-11)9-14-8-7-12-10(14)15/h7-8H,3-6,9H2,1-2H3,(H,12,15). The Morgan fingerprint density at radius 3 is 2.60 bits per heavy atom. The molecule has 0 saturated heterocycles. The predicted molar refractivity (Wildman–Crippen MR) is 64.5 cm³/mol. The van der Waals surface area contributed by atoms with Crippen LogP contribution in [0.1, 0.15) is 25.7 Å². The van der Waals surface area contributed by atoms with Gasteiger partial charge in [0.05, 0.1) is 0 Å². The third-order valence-corrected chi connectivity index (χ3v) is 4.02. The average molecular weight is 225 g/mol. The van der Waals surface area contributed by atoms with Crippen molar-refractivity contribution in [3.8, 4) is 0 Å². The fourth-order valence-corrected chi connectivity index (χ4v) is 2.76. The highest BCUT2D eigenvalue weighted by atomic mass is 32.1. The number of nitrogens with one attached hydrogen (secondary N) is 1. The second kappa shape index (κ2) is 4.10. The van der Waals surface area contributed by atoms with Gasteiger partial charge in [-0.25, -0.2) is 0 Å². The summed E-state index contributed by atoms with van der Waals surface area (Å²) in [4.78, 5) is 5.43. The van der Waals surface area contributed by atoms with Gasteiger partial charge in [-0.1, -0.05) is 12.8 Å². The summed E-state index contributed by atoms with van der Waals surface area (Å²) in [7, 11) is 4.36. The van der Waals surface area contributed by atoms with Crippen LogP contribution in [-0.2, 0) is 6.54 Å². The zero-order chi connectivity index (χ0) is 10.9. The maximum atomic E-state index is 5.25. The highest BCUT2D eigenvalue weighted by molar-refractivity contribution is 7.71. The van der Waals surface area contributed by atoms with Crippen molar-refractivity contribution in [2.45, 2.75) is 37.8 Å². The Morgan fingerprint density at radius 1 is 1.47 bits per heavy atom. The van der Waals surface area contributed by atoms with Crippen LogP contribution in [0.5, 0.6) is 0 Å². The van der Waals surface area contributed by atoms with Gasteiger partial charge in [0.1, 0.15) is 0 Å². The summed E-state index contributed by atoms with van der Waals surface area (Å²) in [5.41, 5.74) is 0.320. The molecule has 4 heteroatoms. The number of likely N-dealkylation sites (N-methyl/N-ethyl adjacent to an activating group) is 1. The summed E-state index contributed by atoms with van der Waals surface area (Å²) >= 11 is 5.25. The molecule has 0 amide bonds. The first-order chi connectivity index (χ1) is 7.14. The summed E-state index contributed by atoms with van der Waals surface area (Å²) in [6.45, 7) is 1.02. The van der Waals surface area contributed by atoms with Crippen molar-refractivity contribution in [3.05, 3.63) is 17.2 Å². The van der Waals surface area contributed by atoms with Crippen LogP contribution in [0.25, 0.3) is 0 Å². The van der Waals surface area contributed by atoms with Crippen LogP contribution in [0.2, 0.25) is 0 Å². The van der Waals surface area contributed by atoms with Gasteiger partial charge in [0.15, 0.2) is 4.77 Å². The number of imidazole rings is 1. The van der Waals surface area contributed by atoms with Crippen LogP contribution >= 0.6 is 12.2 Å². The molecule has 0 aromatic carbocycles. The van der Waals surface area contributed by atoms with Crippen molar-refractivity contribution in [1.82, 2.24) is 14.5 Å². The zero-order valence-electron chi connectivity index (χ0n) is 9.49. The summed E-state index contributed by atoms with van der Waals surface area (Å²) in [5, 5.41) is 0. The van der Waals surface area contributed by atoms with Gasteiger partial charge in [0, 0.05) is 24.5 Å². The zero-order valence-corrected chi connectivity index (χ0v) is 10.3. The van der Waals surface area contributed by atoms with E-state index in [2.05, 4.69) is 28.5 Å². The topological polar surface area (TPSA) is 24.0 Å². The van der Waals surface area contributed by atoms with Crippen LogP contribution in [0.15, 0.2) is 12.4 Å². The van der Waals surface area contributed by atoms with Crippen LogP contribution < -0.4 is 0 Å². The van der Waals surface area contributed by atoms with Crippen molar-refractivity contribution >= 4 is 12.2 Å². The number of rotatable bonds is 3. The lowest BCUT2D eigenvalue weighted by Crippen LogP contribution is -2.45. The van der Waals surface area contributed by atoms with Gasteiger partial charge in [0.25, 0.3) is 0 Å². The molecule has 0 spiro atoms. The molecule has 0 bridgehead atoms. The van der Waals surface area contributed by atoms with E-state index in [9.17, 15) is 0 Å². The second-order valence-electron chi connectivity index (χ2n) is 4.72. The number of H-pyrrole nitrogens is 1. The monoisotopic (exact) mass is 225 g/mol. The van der Waals surface area contributed by atoms with Gasteiger partial charge in [-0.2, -0.15) is 0 Å². The first-order valence-electron chi connectivity index (χ1n) is 5.55. The quantitative estimate of drug-likeness (QED) is 0.799. The maximum Gasteiger partial charge on any atom is 0.177 e. The summed E-state index contributed by atoms with van der Waals surface area (Å²) in [6.07, 6.45) is 9.22. The molecule has 0 atom stereocenters. The maximum absolute atomic E-state index is 5.25. The lowest BCUT2D eigenvalue weighted by Gasteiger charge is -2.36. The molecule has 0 aliphatic heterocycles. The third-order valence-electron chi connectivity index (χ3n) is 3.67. The molecule has 1 saturated carbocycles. The lowest BCUT2D eigenvalue weighted by molar-refractivity contribution is 0.133. The Labute approximate surface area is 96.1 Å². The van der Waals surface area contributed by atoms with Crippen molar-refractivity contribution in [2.24, 2.45) is 0 Å². The molecule has 3 nitrogen and oxygen atoms in total. The first-order valence-corrected chi connectivity index (χ1v) is 5.96. The molecule has 1 fully saturated rings. The minimum absolute atomic E-state index is 0.320. The summed E-state index contributed by atoms with van der Waals surface area (Å²) < 4.78 is 2.99. The largest absolute Gasteiger partial charge is 0.337 e. The van der Waals surface area contributed by atoms with Crippen LogP contribution in [-0.4, -0.2) is 34.1 Å². The van der Waals surface area contributed by atoms with E-state index in [1.807, 2.05) is 12.4 Å². The molecule has 0 unspecified atom stereocenters. The van der Waals surface area contributed by atoms with Crippen molar-refractivity contribution in [3.63, 3.8) is 0 Å². The van der Waals surface area contributed by atoms with Crippen molar-refractivity contribution < 1.29 is 0 Å². The third kappa shape index (κ3) is 2.01. The molecule has 1 N–H and O–H groups in total. The Morgan fingerprint density at radius 2 is 2.13 bits per heavy atom. The normalized spacial score (nSPS) is 19.9. The summed E-state index contributed by atoms with van der Waals surface area (Å²) in [5.74, 6) is 0. The van der Waals surface area contributed by atoms with E-state index < -0.39 is 0 Å². The molecule has 1 heterocycles. The fraction of sp³-hybridized carbons (Fsp3) is 0.727. The fourth-order valence-electron chi connectivity index (χ4n) is 2.57. The number of aromatic amines is 1. The number of aromatic nitrogens is 2. The highest BCUT2D eigenvalue weighted by Gasteiger charge is 2.36. The number of nitrogens with zero attached hydrogens (tertiary/aromatic N) is 2. The molecule has 1 aromatic rings. The minimum atomic E-state index is 0.320. The average Bonchev–Trinajstić information content (AvgIpc) is 2.78. The Hall–Kier alpha value is -0.610. The van der Waals surface area contributed by atoms with E-state index in [1.165, 1.54) is 25.7 Å². The molecule has 0 radical (unpaired) electrons. The van der Waals surface area contributed by atoms with E-state index >= 15 is 0 Å². The van der Waals surface area contributed by atoms with Gasteiger partial charge in [-0.15, -0.1) is 0 Å². The van der Waals surface area contributed by atoms with Gasteiger partial charge < -0.3 is 14.5 Å². The molecule has 15 heavy (non-hydrogen) atoms. The predicted octanol–water partition coefficient (Wildman–Crippen LogP) is 2.42. The van der Waals surface area contributed by atoms with Crippen LogP contribution in [0, 0.1) is 4.77 Å². The van der Waals surface area contributed by atoms with E-state index in [4.69, 9.17) is 12.2 Å². The summed E-state index contributed by atoms with van der Waals surface area (Å²) in [6, 6.07) is 0. The second-order valence-corrected chi connectivity index (χ2v) is 5.11. The van der Waals surface area contributed by atoms with Crippen molar-refractivity contribution in [2.75, 3.05) is 14.1 Å². The Bertz CT molecular complexity index is 371. The Balaban J connectivity index is 2.21. The smallest absolute Gasteiger partial charge is 0.177 e. The van der Waals surface area contributed by atoms with Gasteiger partial charge in [-0.05, 0) is 39.2 Å². The Kier molecular flexibility index (Phi) is 2.98. The molecule has 1 aliphatic rings. The highest BCUT2D eigenvalue weighted by Crippen LogP contribution is 2.35. The first kappa shape index (κ1) is 10.9. The number of hydrogen-bond donors (Lipinski definition) is 1. The van der Waals surface area contributed by atoms with Gasteiger partial charge >= 0.3 is 0 Å². The lowest BCUT2D eigenvalue weighted by atomic mass is 9.96. The van der Waals surface area contributed by atoms with E-state index in [1.54, 1.807) is 0 Å². The molecule has 1 aromatic heterocycles. The molecular weight excluding hydrogens is 206 g/mol.